The van der Waals surface area contributed by atoms with Crippen molar-refractivity contribution >= 4 is 60.2 Å². The Balaban J connectivity index is 0.00000729. The minimum Gasteiger partial charge on any atom is -0.121 e. The summed E-state index contributed by atoms with van der Waals surface area (Å²) >= 11 is 9.54. The highest BCUT2D eigenvalue weighted by molar-refractivity contribution is 9.12. The normalized spacial score (nSPS) is 11.0. The molecule has 0 spiro atoms. The van der Waals surface area contributed by atoms with Gasteiger partial charge < -0.3 is 0 Å². The van der Waals surface area contributed by atoms with Crippen LogP contribution in [0.15, 0.2) is 7.57 Å². The fourth-order valence-electron chi connectivity index (χ4n) is 3.81. The molecule has 0 unspecified atom stereocenters. The zero-order valence-corrected chi connectivity index (χ0v) is 24.0. The van der Waals surface area contributed by atoms with E-state index in [1.54, 1.807) is 11.1 Å². The minimum absolute atomic E-state index is 0. The van der Waals surface area contributed by atoms with Gasteiger partial charge in [0.05, 0.1) is 7.57 Å². The van der Waals surface area contributed by atoms with Crippen LogP contribution in [0.1, 0.15) is 128 Å². The summed E-state index contributed by atoms with van der Waals surface area (Å²) in [7, 11) is 0. The number of hydrogen-bond donors (Lipinski definition) is 0. The van der Waals surface area contributed by atoms with E-state index in [1.165, 1.54) is 123 Å². The van der Waals surface area contributed by atoms with E-state index in [0.29, 0.717) is 0 Å². The van der Waals surface area contributed by atoms with Gasteiger partial charge in [0.1, 0.15) is 0 Å². The molecule has 0 aliphatic carbocycles. The summed E-state index contributed by atoms with van der Waals surface area (Å²) < 4.78 is 2.73. The van der Waals surface area contributed by atoms with Crippen LogP contribution in [-0.4, -0.2) is 0 Å². The Labute approximate surface area is 207 Å². The zero-order chi connectivity index (χ0) is 19.7. The Morgan fingerprint density at radius 3 is 1.11 bits per heavy atom. The van der Waals surface area contributed by atoms with Crippen molar-refractivity contribution in [3.05, 3.63) is 18.7 Å². The number of rotatable bonds is 18. The third-order valence-corrected chi connectivity index (χ3v) is 8.36. The first kappa shape index (κ1) is 29.1. The summed E-state index contributed by atoms with van der Waals surface area (Å²) in [6.07, 6.45) is 24.9. The van der Waals surface area contributed by atoms with Gasteiger partial charge in [0, 0.05) is 0 Å². The summed E-state index contributed by atoms with van der Waals surface area (Å²) in [5.41, 5.74) is 3.20. The van der Waals surface area contributed by atoms with Crippen LogP contribution in [0.4, 0.5) is 0 Å². The Morgan fingerprint density at radius 2 is 0.786 bits per heavy atom. The van der Waals surface area contributed by atoms with E-state index >= 15 is 0 Å². The van der Waals surface area contributed by atoms with Crippen molar-refractivity contribution in [1.29, 1.82) is 0 Å². The van der Waals surface area contributed by atoms with Gasteiger partial charge in [0.15, 0.2) is 0 Å². The third kappa shape index (κ3) is 13.4. The molecule has 1 aromatic rings. The maximum absolute atomic E-state index is 3.83. The second-order valence-electron chi connectivity index (χ2n) is 8.06. The molecule has 1 rings (SSSR count). The van der Waals surface area contributed by atoms with Crippen LogP contribution in [0.2, 0.25) is 0 Å². The van der Waals surface area contributed by atoms with Crippen molar-refractivity contribution in [3.8, 4) is 0 Å². The van der Waals surface area contributed by atoms with Crippen LogP contribution in [-0.2, 0) is 12.8 Å². The largest absolute Gasteiger partial charge is 0.121 e. The molecule has 0 saturated heterocycles. The fourth-order valence-corrected chi connectivity index (χ4v) is 7.16. The SMILES string of the molecule is Br.CCCCCCCCCCc1c(Br)sc(Br)c1CCCCCCCCCC. The van der Waals surface area contributed by atoms with Crippen molar-refractivity contribution in [1.82, 2.24) is 0 Å². The molecule has 0 amide bonds. The first-order chi connectivity index (χ1) is 13.2. The molecular formula is C24H43Br3S. The molecule has 0 N–H and O–H groups in total. The lowest BCUT2D eigenvalue weighted by molar-refractivity contribution is 0.570. The second-order valence-corrected chi connectivity index (χ2v) is 11.7. The van der Waals surface area contributed by atoms with Crippen LogP contribution in [0.3, 0.4) is 0 Å². The number of unbranched alkanes of at least 4 members (excludes halogenated alkanes) is 14. The van der Waals surface area contributed by atoms with Gasteiger partial charge in [0.25, 0.3) is 0 Å². The molecule has 0 aliphatic rings. The van der Waals surface area contributed by atoms with E-state index in [0.717, 1.165) is 0 Å². The molecule has 0 bridgehead atoms. The molecule has 28 heavy (non-hydrogen) atoms. The highest BCUT2D eigenvalue weighted by Gasteiger charge is 2.14. The lowest BCUT2D eigenvalue weighted by atomic mass is 10.00. The van der Waals surface area contributed by atoms with E-state index in [1.807, 2.05) is 11.3 Å². The molecule has 0 atom stereocenters. The number of thiophene rings is 1. The summed E-state index contributed by atoms with van der Waals surface area (Å²) in [5, 5.41) is 0. The van der Waals surface area contributed by atoms with E-state index in [4.69, 9.17) is 0 Å². The highest BCUT2D eigenvalue weighted by atomic mass is 79.9. The smallest absolute Gasteiger partial charge is 0.0745 e. The Morgan fingerprint density at radius 1 is 0.500 bits per heavy atom. The predicted octanol–water partition coefficient (Wildman–Crippen LogP) is 11.2. The van der Waals surface area contributed by atoms with Crippen LogP contribution < -0.4 is 0 Å². The molecule has 1 heterocycles. The Kier molecular flexibility index (Phi) is 20.9. The van der Waals surface area contributed by atoms with Crippen molar-refractivity contribution in [2.24, 2.45) is 0 Å². The molecule has 0 aromatic carbocycles. The van der Waals surface area contributed by atoms with Gasteiger partial charge in [-0.3, -0.25) is 0 Å². The van der Waals surface area contributed by atoms with E-state index in [2.05, 4.69) is 45.7 Å². The van der Waals surface area contributed by atoms with Crippen LogP contribution in [0.5, 0.6) is 0 Å². The van der Waals surface area contributed by atoms with Gasteiger partial charge >= 0.3 is 0 Å². The van der Waals surface area contributed by atoms with E-state index in [-0.39, 0.29) is 17.0 Å². The fraction of sp³-hybridized carbons (Fsp3) is 0.833. The summed E-state index contributed by atoms with van der Waals surface area (Å²) in [6, 6.07) is 0. The maximum atomic E-state index is 3.83. The van der Waals surface area contributed by atoms with Gasteiger partial charge in [-0.2, -0.15) is 0 Å². The summed E-state index contributed by atoms with van der Waals surface area (Å²) in [5.74, 6) is 0. The molecule has 0 saturated carbocycles. The van der Waals surface area contributed by atoms with Crippen molar-refractivity contribution < 1.29 is 0 Å². The first-order valence-electron chi connectivity index (χ1n) is 11.7. The summed E-state index contributed by atoms with van der Waals surface area (Å²) in [6.45, 7) is 4.59. The molecule has 0 nitrogen and oxygen atoms in total. The first-order valence-corrected chi connectivity index (χ1v) is 14.1. The average molecular weight is 603 g/mol. The van der Waals surface area contributed by atoms with E-state index < -0.39 is 0 Å². The maximum Gasteiger partial charge on any atom is 0.0745 e. The lowest BCUT2D eigenvalue weighted by Gasteiger charge is -2.07. The quantitative estimate of drug-likeness (QED) is 0.147. The average Bonchev–Trinajstić information content (AvgIpc) is 2.92. The topological polar surface area (TPSA) is 0 Å². The Hall–Kier alpha value is 1.14. The minimum atomic E-state index is 0. The zero-order valence-electron chi connectivity index (χ0n) is 18.3. The highest BCUT2D eigenvalue weighted by Crippen LogP contribution is 2.39. The van der Waals surface area contributed by atoms with Crippen LogP contribution >= 0.6 is 60.2 Å². The third-order valence-electron chi connectivity index (χ3n) is 5.58. The van der Waals surface area contributed by atoms with Gasteiger partial charge in [0.2, 0.25) is 0 Å². The summed E-state index contributed by atoms with van der Waals surface area (Å²) in [4.78, 5) is 0. The van der Waals surface area contributed by atoms with Crippen molar-refractivity contribution in [3.63, 3.8) is 0 Å². The van der Waals surface area contributed by atoms with Crippen LogP contribution in [0, 0.1) is 0 Å². The van der Waals surface area contributed by atoms with Gasteiger partial charge in [-0.1, -0.05) is 104 Å². The monoisotopic (exact) mass is 600 g/mol. The molecule has 0 aliphatic heterocycles. The Bertz CT molecular complexity index is 430. The van der Waals surface area contributed by atoms with Gasteiger partial charge in [-0.25, -0.2) is 0 Å². The second kappa shape index (κ2) is 20.1. The van der Waals surface area contributed by atoms with Gasteiger partial charge in [-0.05, 0) is 68.7 Å². The van der Waals surface area contributed by atoms with Crippen molar-refractivity contribution in [2.75, 3.05) is 0 Å². The molecule has 0 fully saturated rings. The molecular weight excluding hydrogens is 560 g/mol. The lowest BCUT2D eigenvalue weighted by Crippen LogP contribution is -1.94. The molecule has 1 aromatic heterocycles. The molecule has 166 valence electrons. The van der Waals surface area contributed by atoms with Gasteiger partial charge in [-0.15, -0.1) is 28.3 Å². The number of halogens is 3. The molecule has 4 heteroatoms. The van der Waals surface area contributed by atoms with E-state index in [9.17, 15) is 0 Å². The van der Waals surface area contributed by atoms with Crippen LogP contribution in [0.25, 0.3) is 0 Å². The molecule has 0 radical (unpaired) electrons. The number of hydrogen-bond acceptors (Lipinski definition) is 1. The standard InChI is InChI=1S/C24H42Br2S.BrH/c1-3-5-7-9-11-13-15-17-19-21-22(24(26)27-23(21)25)20-18-16-14-12-10-8-6-4-2;/h3-20H2,1-2H3;1H. The van der Waals surface area contributed by atoms with Crippen molar-refractivity contribution in [2.45, 2.75) is 129 Å². The predicted molar refractivity (Wildman–Crippen MR) is 143 cm³/mol.